The maximum atomic E-state index is 10.6. The fraction of sp³-hybridized carbons (Fsp3) is 0.222. The Morgan fingerprint density at radius 1 is 1.57 bits per heavy atom. The fourth-order valence-corrected chi connectivity index (χ4v) is 1.42. The molecule has 0 aliphatic rings. The molecule has 0 fully saturated rings. The molecule has 0 amide bonds. The lowest BCUT2D eigenvalue weighted by Gasteiger charge is -2.02. The van der Waals surface area contributed by atoms with Gasteiger partial charge in [0.15, 0.2) is 0 Å². The van der Waals surface area contributed by atoms with Gasteiger partial charge in [-0.3, -0.25) is 9.20 Å². The van der Waals surface area contributed by atoms with Gasteiger partial charge in [0.2, 0.25) is 0 Å². The van der Waals surface area contributed by atoms with Crippen molar-refractivity contribution in [3.8, 4) is 0 Å². The number of carboxylic acid groups (broad SMARTS) is 1. The predicted octanol–water partition coefficient (Wildman–Crippen LogP) is 0.665. The van der Waals surface area contributed by atoms with Gasteiger partial charge in [0.25, 0.3) is 0 Å². The number of fused-ring (bicyclic) bond motifs is 1. The molecule has 0 saturated heterocycles. The van der Waals surface area contributed by atoms with Crippen molar-refractivity contribution in [1.82, 2.24) is 14.4 Å². The lowest BCUT2D eigenvalue weighted by molar-refractivity contribution is -0.136. The second kappa shape index (κ2) is 3.10. The molecule has 0 aromatic carbocycles. The topological polar surface area (TPSA) is 67.5 Å². The monoisotopic (exact) mass is 191 g/mol. The molecular formula is C9H9N3O2. The van der Waals surface area contributed by atoms with Gasteiger partial charge in [0.1, 0.15) is 17.9 Å². The molecule has 2 aromatic rings. The second-order valence-corrected chi connectivity index (χ2v) is 3.02. The van der Waals surface area contributed by atoms with E-state index in [0.29, 0.717) is 5.82 Å². The normalized spacial score (nSPS) is 10.6. The van der Waals surface area contributed by atoms with Crippen LogP contribution in [-0.2, 0) is 11.2 Å². The smallest absolute Gasteiger partial charge is 0.311 e. The van der Waals surface area contributed by atoms with E-state index in [1.807, 2.05) is 6.92 Å². The van der Waals surface area contributed by atoms with Crippen LogP contribution in [0, 0.1) is 6.92 Å². The highest BCUT2D eigenvalue weighted by atomic mass is 16.4. The zero-order valence-electron chi connectivity index (χ0n) is 7.64. The Kier molecular flexibility index (Phi) is 1.92. The molecular weight excluding hydrogens is 182 g/mol. The first-order chi connectivity index (χ1) is 6.68. The summed E-state index contributed by atoms with van der Waals surface area (Å²) in [5.74, 6) is -0.386. The maximum absolute atomic E-state index is 10.6. The molecule has 0 aliphatic heterocycles. The van der Waals surface area contributed by atoms with E-state index in [1.54, 1.807) is 22.9 Å². The largest absolute Gasteiger partial charge is 0.481 e. The summed E-state index contributed by atoms with van der Waals surface area (Å²) in [6.07, 6.45) is 3.18. The van der Waals surface area contributed by atoms with Crippen molar-refractivity contribution in [2.45, 2.75) is 13.3 Å². The minimum absolute atomic E-state index is 0.0888. The van der Waals surface area contributed by atoms with E-state index >= 15 is 0 Å². The molecule has 14 heavy (non-hydrogen) atoms. The highest BCUT2D eigenvalue weighted by Gasteiger charge is 2.08. The third kappa shape index (κ3) is 1.32. The van der Waals surface area contributed by atoms with Crippen LogP contribution < -0.4 is 0 Å². The summed E-state index contributed by atoms with van der Waals surface area (Å²) < 4.78 is 1.74. The minimum atomic E-state index is -0.891. The number of imidazole rings is 1. The van der Waals surface area contributed by atoms with E-state index in [-0.39, 0.29) is 6.42 Å². The molecule has 0 spiro atoms. The predicted molar refractivity (Wildman–Crippen MR) is 49.1 cm³/mol. The van der Waals surface area contributed by atoms with Crippen molar-refractivity contribution < 1.29 is 9.90 Å². The standard InChI is InChI=1S/C9H9N3O2/c1-6-5-11-7-2-3-10-8(12(6)7)4-9(13)14/h2-3,5H,4H2,1H3,(H,13,14). The molecule has 1 N–H and O–H groups in total. The number of carbonyl (C=O) groups is 1. The van der Waals surface area contributed by atoms with Gasteiger partial charge >= 0.3 is 5.97 Å². The zero-order valence-corrected chi connectivity index (χ0v) is 7.64. The highest BCUT2D eigenvalue weighted by Crippen LogP contribution is 2.07. The molecule has 2 rings (SSSR count). The molecule has 0 atom stereocenters. The lowest BCUT2D eigenvalue weighted by Crippen LogP contribution is -2.08. The van der Waals surface area contributed by atoms with Crippen LogP contribution in [0.4, 0.5) is 0 Å². The van der Waals surface area contributed by atoms with Crippen molar-refractivity contribution in [2.75, 3.05) is 0 Å². The fourth-order valence-electron chi connectivity index (χ4n) is 1.42. The first-order valence-corrected chi connectivity index (χ1v) is 4.18. The third-order valence-corrected chi connectivity index (χ3v) is 1.98. The Morgan fingerprint density at radius 3 is 3.07 bits per heavy atom. The van der Waals surface area contributed by atoms with Gasteiger partial charge in [-0.15, -0.1) is 0 Å². The van der Waals surface area contributed by atoms with Gasteiger partial charge in [-0.25, -0.2) is 9.97 Å². The first-order valence-electron chi connectivity index (χ1n) is 4.18. The molecule has 0 saturated carbocycles. The van der Waals surface area contributed by atoms with Crippen molar-refractivity contribution in [2.24, 2.45) is 0 Å². The van der Waals surface area contributed by atoms with Gasteiger partial charge < -0.3 is 5.11 Å². The number of hydrogen-bond acceptors (Lipinski definition) is 3. The first kappa shape index (κ1) is 8.68. The number of aromatic nitrogens is 3. The number of carboxylic acids is 1. The Hall–Kier alpha value is -1.91. The van der Waals surface area contributed by atoms with Gasteiger partial charge in [-0.2, -0.15) is 0 Å². The van der Waals surface area contributed by atoms with Gasteiger partial charge in [-0.05, 0) is 13.0 Å². The molecule has 5 nitrogen and oxygen atoms in total. The average Bonchev–Trinajstić information content (AvgIpc) is 2.48. The van der Waals surface area contributed by atoms with Crippen LogP contribution in [0.15, 0.2) is 18.5 Å². The molecule has 0 radical (unpaired) electrons. The lowest BCUT2D eigenvalue weighted by atomic mass is 10.4. The van der Waals surface area contributed by atoms with E-state index in [2.05, 4.69) is 9.97 Å². The number of hydrogen-bond donors (Lipinski definition) is 1. The third-order valence-electron chi connectivity index (χ3n) is 1.98. The van der Waals surface area contributed by atoms with E-state index in [1.165, 1.54) is 0 Å². The number of rotatable bonds is 2. The molecule has 5 heteroatoms. The summed E-state index contributed by atoms with van der Waals surface area (Å²) in [7, 11) is 0. The summed E-state index contributed by atoms with van der Waals surface area (Å²) in [5.41, 5.74) is 1.62. The van der Waals surface area contributed by atoms with Crippen molar-refractivity contribution in [3.05, 3.63) is 30.0 Å². The number of aryl methyl sites for hydroxylation is 1. The van der Waals surface area contributed by atoms with Crippen LogP contribution in [0.25, 0.3) is 5.65 Å². The van der Waals surface area contributed by atoms with Crippen LogP contribution in [0.2, 0.25) is 0 Å². The van der Waals surface area contributed by atoms with Crippen LogP contribution in [-0.4, -0.2) is 25.4 Å². The zero-order chi connectivity index (χ0) is 10.1. The van der Waals surface area contributed by atoms with Crippen LogP contribution in [0.5, 0.6) is 0 Å². The summed E-state index contributed by atoms with van der Waals surface area (Å²) in [6, 6.07) is 1.75. The molecule has 72 valence electrons. The highest BCUT2D eigenvalue weighted by molar-refractivity contribution is 5.69. The molecule has 0 unspecified atom stereocenters. The van der Waals surface area contributed by atoms with Gasteiger partial charge in [0, 0.05) is 18.1 Å². The minimum Gasteiger partial charge on any atom is -0.481 e. The van der Waals surface area contributed by atoms with Crippen molar-refractivity contribution in [1.29, 1.82) is 0 Å². The average molecular weight is 191 g/mol. The Balaban J connectivity index is 2.63. The quantitative estimate of drug-likeness (QED) is 0.757. The summed E-state index contributed by atoms with van der Waals surface area (Å²) in [5, 5.41) is 8.68. The second-order valence-electron chi connectivity index (χ2n) is 3.02. The maximum Gasteiger partial charge on any atom is 0.311 e. The van der Waals surface area contributed by atoms with Crippen molar-refractivity contribution >= 4 is 11.6 Å². The number of nitrogens with zero attached hydrogens (tertiary/aromatic N) is 3. The summed E-state index contributed by atoms with van der Waals surface area (Å²) >= 11 is 0. The Bertz CT molecular complexity index is 490. The Morgan fingerprint density at radius 2 is 2.36 bits per heavy atom. The van der Waals surface area contributed by atoms with E-state index in [4.69, 9.17) is 5.11 Å². The SMILES string of the molecule is Cc1cnc2ccnc(CC(=O)O)n12. The van der Waals surface area contributed by atoms with Crippen LogP contribution >= 0.6 is 0 Å². The Labute approximate surface area is 80.0 Å². The van der Waals surface area contributed by atoms with E-state index in [9.17, 15) is 4.79 Å². The molecule has 2 heterocycles. The van der Waals surface area contributed by atoms with Gasteiger partial charge in [0.05, 0.1) is 0 Å². The van der Waals surface area contributed by atoms with Crippen LogP contribution in [0.3, 0.4) is 0 Å². The summed E-state index contributed by atoms with van der Waals surface area (Å²) in [6.45, 7) is 1.87. The molecule has 0 aliphatic carbocycles. The molecule has 2 aromatic heterocycles. The van der Waals surface area contributed by atoms with E-state index < -0.39 is 5.97 Å². The number of aliphatic carboxylic acids is 1. The molecule has 0 bridgehead atoms. The summed E-state index contributed by atoms with van der Waals surface area (Å²) in [4.78, 5) is 18.7. The van der Waals surface area contributed by atoms with Crippen LogP contribution in [0.1, 0.15) is 11.5 Å². The van der Waals surface area contributed by atoms with Gasteiger partial charge in [-0.1, -0.05) is 0 Å². The van der Waals surface area contributed by atoms with E-state index in [0.717, 1.165) is 11.3 Å². The van der Waals surface area contributed by atoms with Crippen molar-refractivity contribution in [3.63, 3.8) is 0 Å².